The Kier molecular flexibility index (Phi) is 4.74. The lowest BCUT2D eigenvalue weighted by molar-refractivity contribution is 0.122. The minimum atomic E-state index is 0. The third-order valence-corrected chi connectivity index (χ3v) is 3.74. The molecule has 18 heavy (non-hydrogen) atoms. The summed E-state index contributed by atoms with van der Waals surface area (Å²) in [5.74, 6) is 0. The van der Waals surface area contributed by atoms with E-state index in [0.717, 1.165) is 37.1 Å². The monoisotopic (exact) mass is 326 g/mol. The molecule has 0 radical (unpaired) electrons. The van der Waals surface area contributed by atoms with Gasteiger partial charge >= 0.3 is 0 Å². The highest BCUT2D eigenvalue weighted by Gasteiger charge is 2.14. The van der Waals surface area contributed by atoms with Crippen molar-refractivity contribution in [2.24, 2.45) is 0 Å². The molecule has 96 valence electrons. The van der Waals surface area contributed by atoms with Crippen molar-refractivity contribution in [3.63, 3.8) is 0 Å². The maximum atomic E-state index is 5.35. The summed E-state index contributed by atoms with van der Waals surface area (Å²) in [6, 6.07) is 10.3. The summed E-state index contributed by atoms with van der Waals surface area (Å²) >= 11 is 1.71. The Hall–Kier alpha value is -0.910. The smallest absolute Gasteiger partial charge is 0.186 e. The number of morpholine rings is 1. The standard InChI is InChI=1S/C13H14N2OS.BrH/c1-2-4-11(5-3-1)12-10-17-13(14-12)15-6-8-16-9-7-15;/h1-5,10H,6-9H2;1H. The van der Waals surface area contributed by atoms with Gasteiger partial charge in [0.25, 0.3) is 0 Å². The van der Waals surface area contributed by atoms with Gasteiger partial charge in [0.2, 0.25) is 0 Å². The van der Waals surface area contributed by atoms with Gasteiger partial charge in [-0.25, -0.2) is 4.98 Å². The molecule has 1 aliphatic rings. The Morgan fingerprint density at radius 2 is 1.83 bits per heavy atom. The van der Waals surface area contributed by atoms with Crippen LogP contribution < -0.4 is 4.90 Å². The van der Waals surface area contributed by atoms with Crippen LogP contribution in [0.15, 0.2) is 35.7 Å². The van der Waals surface area contributed by atoms with Gasteiger partial charge in [0, 0.05) is 24.0 Å². The molecule has 1 saturated heterocycles. The van der Waals surface area contributed by atoms with Gasteiger partial charge in [-0.1, -0.05) is 30.3 Å². The molecule has 0 saturated carbocycles. The van der Waals surface area contributed by atoms with Crippen molar-refractivity contribution in [2.75, 3.05) is 31.2 Å². The molecule has 1 fully saturated rings. The lowest BCUT2D eigenvalue weighted by Crippen LogP contribution is -2.36. The number of thiazole rings is 1. The van der Waals surface area contributed by atoms with E-state index in [1.165, 1.54) is 5.56 Å². The highest BCUT2D eigenvalue weighted by Crippen LogP contribution is 2.27. The second-order valence-corrected chi connectivity index (χ2v) is 4.82. The molecule has 1 aromatic heterocycles. The van der Waals surface area contributed by atoms with Crippen molar-refractivity contribution < 1.29 is 4.74 Å². The molecule has 0 amide bonds. The van der Waals surface area contributed by atoms with Gasteiger partial charge in [0.1, 0.15) is 0 Å². The molecule has 1 aliphatic heterocycles. The van der Waals surface area contributed by atoms with Crippen LogP contribution in [0.5, 0.6) is 0 Å². The quantitative estimate of drug-likeness (QED) is 0.847. The van der Waals surface area contributed by atoms with Crippen LogP contribution in [-0.4, -0.2) is 31.3 Å². The minimum Gasteiger partial charge on any atom is -0.378 e. The number of ether oxygens (including phenoxy) is 1. The average molecular weight is 327 g/mol. The zero-order valence-corrected chi connectivity index (χ0v) is 12.4. The van der Waals surface area contributed by atoms with Crippen LogP contribution in [0.3, 0.4) is 0 Å². The SMILES string of the molecule is Br.c1ccc(-c2csc(N3CCOCC3)n2)cc1. The maximum Gasteiger partial charge on any atom is 0.186 e. The first-order valence-corrected chi connectivity index (χ1v) is 6.65. The van der Waals surface area contributed by atoms with Crippen molar-refractivity contribution >= 4 is 33.4 Å². The Balaban J connectivity index is 0.00000120. The molecule has 0 unspecified atom stereocenters. The van der Waals surface area contributed by atoms with E-state index < -0.39 is 0 Å². The van der Waals surface area contributed by atoms with E-state index >= 15 is 0 Å². The molecule has 3 nitrogen and oxygen atoms in total. The number of benzene rings is 1. The van der Waals surface area contributed by atoms with E-state index in [9.17, 15) is 0 Å². The van der Waals surface area contributed by atoms with Crippen LogP contribution in [0.25, 0.3) is 11.3 Å². The molecule has 5 heteroatoms. The van der Waals surface area contributed by atoms with Crippen LogP contribution in [0.4, 0.5) is 5.13 Å². The summed E-state index contributed by atoms with van der Waals surface area (Å²) in [6.45, 7) is 3.50. The summed E-state index contributed by atoms with van der Waals surface area (Å²) in [6.07, 6.45) is 0. The first-order valence-electron chi connectivity index (χ1n) is 5.77. The number of nitrogens with zero attached hydrogens (tertiary/aromatic N) is 2. The zero-order chi connectivity index (χ0) is 11.5. The summed E-state index contributed by atoms with van der Waals surface area (Å²) in [7, 11) is 0. The van der Waals surface area contributed by atoms with Crippen molar-refractivity contribution in [3.05, 3.63) is 35.7 Å². The fourth-order valence-electron chi connectivity index (χ4n) is 1.91. The van der Waals surface area contributed by atoms with Crippen LogP contribution in [0.2, 0.25) is 0 Å². The van der Waals surface area contributed by atoms with Crippen molar-refractivity contribution in [1.29, 1.82) is 0 Å². The summed E-state index contributed by atoms with van der Waals surface area (Å²) < 4.78 is 5.35. The normalized spacial score (nSPS) is 15.2. The van der Waals surface area contributed by atoms with Gasteiger partial charge in [0.05, 0.1) is 18.9 Å². The molecular weight excluding hydrogens is 312 g/mol. The predicted molar refractivity (Wildman–Crippen MR) is 80.9 cm³/mol. The van der Waals surface area contributed by atoms with E-state index in [2.05, 4.69) is 22.4 Å². The summed E-state index contributed by atoms with van der Waals surface area (Å²) in [4.78, 5) is 6.99. The Morgan fingerprint density at radius 1 is 1.11 bits per heavy atom. The topological polar surface area (TPSA) is 25.4 Å². The van der Waals surface area contributed by atoms with Gasteiger partial charge < -0.3 is 9.64 Å². The van der Waals surface area contributed by atoms with E-state index in [0.29, 0.717) is 0 Å². The largest absolute Gasteiger partial charge is 0.378 e. The molecular formula is C13H15BrN2OS. The molecule has 1 aromatic carbocycles. The minimum absolute atomic E-state index is 0. The van der Waals surface area contributed by atoms with E-state index in [4.69, 9.17) is 9.72 Å². The zero-order valence-electron chi connectivity index (χ0n) is 9.91. The van der Waals surface area contributed by atoms with E-state index in [1.54, 1.807) is 11.3 Å². The molecule has 0 atom stereocenters. The maximum absolute atomic E-state index is 5.35. The van der Waals surface area contributed by atoms with Crippen LogP contribution in [0.1, 0.15) is 0 Å². The second-order valence-electron chi connectivity index (χ2n) is 3.98. The van der Waals surface area contributed by atoms with Crippen molar-refractivity contribution in [1.82, 2.24) is 4.98 Å². The van der Waals surface area contributed by atoms with Gasteiger partial charge in [-0.2, -0.15) is 0 Å². The van der Waals surface area contributed by atoms with Crippen molar-refractivity contribution in [3.8, 4) is 11.3 Å². The molecule has 2 heterocycles. The number of halogens is 1. The predicted octanol–water partition coefficient (Wildman–Crippen LogP) is 3.22. The van der Waals surface area contributed by atoms with E-state index in [-0.39, 0.29) is 17.0 Å². The molecule has 0 spiro atoms. The van der Waals surface area contributed by atoms with Gasteiger partial charge in [-0.05, 0) is 0 Å². The van der Waals surface area contributed by atoms with Crippen LogP contribution in [-0.2, 0) is 4.74 Å². The van der Waals surface area contributed by atoms with Crippen molar-refractivity contribution in [2.45, 2.75) is 0 Å². The number of rotatable bonds is 2. The van der Waals surface area contributed by atoms with Crippen LogP contribution in [0, 0.1) is 0 Å². The third kappa shape index (κ3) is 2.91. The Labute approximate surface area is 121 Å². The molecule has 0 aliphatic carbocycles. The Bertz CT molecular complexity index is 483. The summed E-state index contributed by atoms with van der Waals surface area (Å²) in [5, 5.41) is 3.23. The molecule has 2 aromatic rings. The lowest BCUT2D eigenvalue weighted by Gasteiger charge is -2.26. The molecule has 3 rings (SSSR count). The number of hydrogen-bond acceptors (Lipinski definition) is 4. The van der Waals surface area contributed by atoms with Gasteiger partial charge in [-0.15, -0.1) is 28.3 Å². The highest BCUT2D eigenvalue weighted by molar-refractivity contribution is 8.93. The number of hydrogen-bond donors (Lipinski definition) is 0. The van der Waals surface area contributed by atoms with Gasteiger partial charge in [0.15, 0.2) is 5.13 Å². The lowest BCUT2D eigenvalue weighted by atomic mass is 10.2. The Morgan fingerprint density at radius 3 is 2.56 bits per heavy atom. The first kappa shape index (κ1) is 13.5. The molecule has 0 bridgehead atoms. The molecule has 0 N–H and O–H groups in total. The van der Waals surface area contributed by atoms with Crippen LogP contribution >= 0.6 is 28.3 Å². The first-order chi connectivity index (χ1) is 8.43. The number of anilines is 1. The highest BCUT2D eigenvalue weighted by atomic mass is 79.9. The average Bonchev–Trinajstić information content (AvgIpc) is 2.90. The third-order valence-electron chi connectivity index (χ3n) is 2.84. The van der Waals surface area contributed by atoms with Gasteiger partial charge in [-0.3, -0.25) is 0 Å². The second kappa shape index (κ2) is 6.31. The summed E-state index contributed by atoms with van der Waals surface area (Å²) in [5.41, 5.74) is 2.25. The fourth-order valence-corrected chi connectivity index (χ4v) is 2.79. The number of aromatic nitrogens is 1. The van der Waals surface area contributed by atoms with E-state index in [1.807, 2.05) is 18.2 Å². The fraction of sp³-hybridized carbons (Fsp3) is 0.308.